The Balaban J connectivity index is 4.14. The van der Waals surface area contributed by atoms with E-state index in [1.807, 2.05) is 0 Å². The number of allylic oxidation sites excluding steroid dienone is 12. The van der Waals surface area contributed by atoms with Crippen LogP contribution in [0.1, 0.15) is 335 Å². The zero-order chi connectivity index (χ0) is 55.0. The van der Waals surface area contributed by atoms with Crippen LogP contribution in [-0.2, 0) is 28.6 Å². The number of carbonyl (C=O) groups is 3. The van der Waals surface area contributed by atoms with Crippen LogP contribution in [0, 0.1) is 0 Å². The van der Waals surface area contributed by atoms with E-state index in [0.717, 1.165) is 89.9 Å². The van der Waals surface area contributed by atoms with Crippen molar-refractivity contribution in [3.63, 3.8) is 0 Å². The number of ether oxygens (including phenoxy) is 3. The lowest BCUT2D eigenvalue weighted by molar-refractivity contribution is -0.167. The van der Waals surface area contributed by atoms with E-state index in [1.54, 1.807) is 0 Å². The molecule has 76 heavy (non-hydrogen) atoms. The molecule has 0 bridgehead atoms. The Morgan fingerprint density at radius 2 is 0.513 bits per heavy atom. The second kappa shape index (κ2) is 64.4. The van der Waals surface area contributed by atoms with Gasteiger partial charge in [-0.2, -0.15) is 0 Å². The van der Waals surface area contributed by atoms with Gasteiger partial charge >= 0.3 is 17.9 Å². The summed E-state index contributed by atoms with van der Waals surface area (Å²) in [6.45, 7) is 6.53. The molecular weight excluding hydrogens is 937 g/mol. The summed E-state index contributed by atoms with van der Waals surface area (Å²) in [7, 11) is 0. The maximum absolute atomic E-state index is 12.9. The van der Waals surface area contributed by atoms with Crippen LogP contribution in [-0.4, -0.2) is 37.2 Å². The number of hydrogen-bond donors (Lipinski definition) is 0. The van der Waals surface area contributed by atoms with E-state index < -0.39 is 6.10 Å². The lowest BCUT2D eigenvalue weighted by Gasteiger charge is -2.18. The maximum atomic E-state index is 12.9. The van der Waals surface area contributed by atoms with Gasteiger partial charge in [0, 0.05) is 19.3 Å². The number of hydrogen-bond acceptors (Lipinski definition) is 6. The van der Waals surface area contributed by atoms with E-state index in [-0.39, 0.29) is 31.1 Å². The van der Waals surface area contributed by atoms with Crippen molar-refractivity contribution in [2.45, 2.75) is 341 Å². The summed E-state index contributed by atoms with van der Waals surface area (Å²) in [6.07, 6.45) is 83.6. The summed E-state index contributed by atoms with van der Waals surface area (Å²) in [5.74, 6) is -0.864. The number of esters is 3. The highest BCUT2D eigenvalue weighted by atomic mass is 16.6. The molecule has 6 nitrogen and oxygen atoms in total. The van der Waals surface area contributed by atoms with Crippen LogP contribution in [0.15, 0.2) is 72.9 Å². The largest absolute Gasteiger partial charge is 0.462 e. The highest BCUT2D eigenvalue weighted by Gasteiger charge is 2.19. The van der Waals surface area contributed by atoms with Crippen LogP contribution in [0.3, 0.4) is 0 Å². The van der Waals surface area contributed by atoms with Crippen LogP contribution in [0.5, 0.6) is 0 Å². The minimum absolute atomic E-state index is 0.0726. The van der Waals surface area contributed by atoms with Gasteiger partial charge < -0.3 is 14.2 Å². The van der Waals surface area contributed by atoms with Crippen molar-refractivity contribution in [1.29, 1.82) is 0 Å². The van der Waals surface area contributed by atoms with Crippen molar-refractivity contribution >= 4 is 17.9 Å². The van der Waals surface area contributed by atoms with E-state index in [1.165, 1.54) is 205 Å². The smallest absolute Gasteiger partial charge is 0.306 e. The van der Waals surface area contributed by atoms with Crippen LogP contribution in [0.25, 0.3) is 0 Å². The predicted molar refractivity (Wildman–Crippen MR) is 330 cm³/mol. The average molecular weight is 1060 g/mol. The third-order valence-corrected chi connectivity index (χ3v) is 14.4. The summed E-state index contributed by atoms with van der Waals surface area (Å²) < 4.78 is 16.9. The predicted octanol–water partition coefficient (Wildman–Crippen LogP) is 22.5. The number of unbranched alkanes of at least 4 members (excludes halogenated alkanes) is 37. The maximum Gasteiger partial charge on any atom is 0.306 e. The van der Waals surface area contributed by atoms with Crippen molar-refractivity contribution in [3.8, 4) is 0 Å². The molecule has 0 radical (unpaired) electrons. The van der Waals surface area contributed by atoms with Gasteiger partial charge in [0.05, 0.1) is 0 Å². The fraction of sp³-hybridized carbons (Fsp3) is 0.786. The van der Waals surface area contributed by atoms with E-state index in [9.17, 15) is 14.4 Å². The molecule has 6 heteroatoms. The molecule has 0 N–H and O–H groups in total. The molecule has 1 atom stereocenters. The van der Waals surface area contributed by atoms with Gasteiger partial charge in [-0.15, -0.1) is 0 Å². The quantitative estimate of drug-likeness (QED) is 0.0261. The zero-order valence-electron chi connectivity index (χ0n) is 50.5. The Bertz CT molecular complexity index is 1400. The third-order valence-electron chi connectivity index (χ3n) is 14.4. The molecule has 0 saturated heterocycles. The van der Waals surface area contributed by atoms with Gasteiger partial charge in [-0.05, 0) is 89.9 Å². The zero-order valence-corrected chi connectivity index (χ0v) is 50.5. The van der Waals surface area contributed by atoms with Crippen molar-refractivity contribution in [2.75, 3.05) is 13.2 Å². The second-order valence-electron chi connectivity index (χ2n) is 22.0. The Labute approximate surface area is 472 Å². The molecule has 0 fully saturated rings. The van der Waals surface area contributed by atoms with Crippen molar-refractivity contribution < 1.29 is 28.6 Å². The van der Waals surface area contributed by atoms with Crippen LogP contribution in [0.4, 0.5) is 0 Å². The van der Waals surface area contributed by atoms with Gasteiger partial charge in [0.25, 0.3) is 0 Å². The molecule has 440 valence electrons. The lowest BCUT2D eigenvalue weighted by atomic mass is 10.0. The highest BCUT2D eigenvalue weighted by Crippen LogP contribution is 2.17. The molecule has 0 aromatic carbocycles. The summed E-state index contributed by atoms with van der Waals surface area (Å²) in [6, 6.07) is 0. The molecular formula is C70H124O6. The molecule has 0 rings (SSSR count). The molecule has 0 amide bonds. The van der Waals surface area contributed by atoms with Crippen LogP contribution in [0.2, 0.25) is 0 Å². The molecule has 0 aromatic rings. The molecule has 0 aromatic heterocycles. The van der Waals surface area contributed by atoms with Crippen LogP contribution >= 0.6 is 0 Å². The number of carbonyl (C=O) groups excluding carboxylic acids is 3. The number of rotatable bonds is 60. The Kier molecular flexibility index (Phi) is 61.7. The van der Waals surface area contributed by atoms with E-state index in [0.29, 0.717) is 19.3 Å². The highest BCUT2D eigenvalue weighted by molar-refractivity contribution is 5.71. The first-order chi connectivity index (χ1) is 37.5. The van der Waals surface area contributed by atoms with Gasteiger partial charge in [0.1, 0.15) is 13.2 Å². The standard InChI is InChI=1S/C70H124O6/c1-4-7-10-13-16-19-21-23-25-27-29-31-33-35-37-39-41-43-45-47-49-51-54-57-60-63-69(72)75-66-67(65-74-68(71)62-59-56-53-18-15-12-9-6-3)76-70(73)64-61-58-55-52-50-48-46-44-42-40-38-36-34-32-30-28-26-24-22-20-17-14-11-8-5-2/h7,10,16,19,22-25,28-31,67H,4-6,8-9,11-15,17-18,20-21,26-27,32-66H2,1-3H3/b10-7-,19-16-,24-22-,25-23-,30-28-,31-29-. The lowest BCUT2D eigenvalue weighted by Crippen LogP contribution is -2.30. The monoisotopic (exact) mass is 1060 g/mol. The van der Waals surface area contributed by atoms with Gasteiger partial charge in [-0.1, -0.05) is 299 Å². The van der Waals surface area contributed by atoms with Gasteiger partial charge in [-0.3, -0.25) is 14.4 Å². The second-order valence-corrected chi connectivity index (χ2v) is 22.0. The molecule has 0 aliphatic heterocycles. The molecule has 0 aliphatic rings. The minimum Gasteiger partial charge on any atom is -0.462 e. The fourth-order valence-electron chi connectivity index (χ4n) is 9.53. The van der Waals surface area contributed by atoms with Gasteiger partial charge in [0.15, 0.2) is 6.10 Å². The van der Waals surface area contributed by atoms with Crippen molar-refractivity contribution in [1.82, 2.24) is 0 Å². The summed E-state index contributed by atoms with van der Waals surface area (Å²) in [4.78, 5) is 38.2. The average Bonchev–Trinajstić information content (AvgIpc) is 3.42. The van der Waals surface area contributed by atoms with Crippen LogP contribution < -0.4 is 0 Å². The first kappa shape index (κ1) is 72.8. The topological polar surface area (TPSA) is 78.9 Å². The SMILES string of the molecule is CC/C=C\C/C=C\C/C=C\C/C=C\CCCCCCCCCCCCCCC(=O)OCC(COC(=O)CCCCCCCCCC)OC(=O)CCCCCCCCCCCCCCC/C=C\C/C=C\CCCCCCC. The third kappa shape index (κ3) is 61.7. The molecule has 0 heterocycles. The molecule has 0 aliphatic carbocycles. The first-order valence-electron chi connectivity index (χ1n) is 32.9. The molecule has 1 unspecified atom stereocenters. The van der Waals surface area contributed by atoms with Gasteiger partial charge in [-0.25, -0.2) is 0 Å². The summed E-state index contributed by atoms with van der Waals surface area (Å²) in [5, 5.41) is 0. The fourth-order valence-corrected chi connectivity index (χ4v) is 9.53. The molecule has 0 spiro atoms. The first-order valence-corrected chi connectivity index (χ1v) is 32.9. The van der Waals surface area contributed by atoms with Crippen molar-refractivity contribution in [3.05, 3.63) is 72.9 Å². The van der Waals surface area contributed by atoms with E-state index in [4.69, 9.17) is 14.2 Å². The Hall–Kier alpha value is -3.15. The summed E-state index contributed by atoms with van der Waals surface area (Å²) >= 11 is 0. The van der Waals surface area contributed by atoms with Gasteiger partial charge in [0.2, 0.25) is 0 Å². The van der Waals surface area contributed by atoms with Crippen molar-refractivity contribution in [2.24, 2.45) is 0 Å². The van der Waals surface area contributed by atoms with E-state index in [2.05, 4.69) is 93.7 Å². The Morgan fingerprint density at radius 1 is 0.276 bits per heavy atom. The van der Waals surface area contributed by atoms with E-state index >= 15 is 0 Å². The molecule has 0 saturated carbocycles. The summed E-state index contributed by atoms with van der Waals surface area (Å²) in [5.41, 5.74) is 0. The minimum atomic E-state index is -0.774. The Morgan fingerprint density at radius 3 is 0.803 bits per heavy atom. The normalized spacial score (nSPS) is 12.5.